The Morgan fingerprint density at radius 2 is 1.15 bits per heavy atom. The van der Waals surface area contributed by atoms with Gasteiger partial charge in [-0.3, -0.25) is 0 Å². The van der Waals surface area contributed by atoms with Crippen LogP contribution in [0.15, 0.2) is 91.0 Å². The van der Waals surface area contributed by atoms with Gasteiger partial charge in [0.2, 0.25) is 0 Å². The van der Waals surface area contributed by atoms with Crippen LogP contribution in [0.5, 0.6) is 0 Å². The molecule has 0 spiro atoms. The lowest BCUT2D eigenvalue weighted by molar-refractivity contribution is 0.302. The zero-order valence-electron chi connectivity index (χ0n) is 15.6. The van der Waals surface area contributed by atoms with Crippen LogP contribution < -0.4 is 10.4 Å². The number of benzene rings is 3. The van der Waals surface area contributed by atoms with Crippen molar-refractivity contribution in [3.8, 4) is 0 Å². The van der Waals surface area contributed by atoms with Crippen LogP contribution in [0.25, 0.3) is 0 Å². The van der Waals surface area contributed by atoms with Crippen molar-refractivity contribution in [2.45, 2.75) is 38.8 Å². The highest BCUT2D eigenvalue weighted by Gasteiger charge is 2.38. The van der Waals surface area contributed by atoms with Crippen molar-refractivity contribution in [2.75, 3.05) is 0 Å². The maximum Gasteiger partial charge on any atom is 0.256 e. The van der Waals surface area contributed by atoms with Gasteiger partial charge in [-0.1, -0.05) is 117 Å². The van der Waals surface area contributed by atoms with E-state index >= 15 is 0 Å². The molecule has 3 rings (SSSR count). The predicted molar refractivity (Wildman–Crippen MR) is 113 cm³/mol. The summed E-state index contributed by atoms with van der Waals surface area (Å²) in [7, 11) is -2.27. The largest absolute Gasteiger partial charge is 0.404 e. The van der Waals surface area contributed by atoms with Crippen molar-refractivity contribution < 1.29 is 4.43 Å². The molecule has 0 fully saturated rings. The summed E-state index contributed by atoms with van der Waals surface area (Å²) >= 11 is 0. The second kappa shape index (κ2) is 9.51. The minimum Gasteiger partial charge on any atom is -0.404 e. The Kier molecular flexibility index (Phi) is 6.81. The molecule has 0 aromatic heterocycles. The topological polar surface area (TPSA) is 9.23 Å². The van der Waals surface area contributed by atoms with E-state index in [1.165, 1.54) is 35.2 Å². The Labute approximate surface area is 158 Å². The quantitative estimate of drug-likeness (QED) is 0.379. The van der Waals surface area contributed by atoms with Crippen LogP contribution in [0, 0.1) is 0 Å². The summed E-state index contributed by atoms with van der Waals surface area (Å²) in [5.74, 6) is 0. The molecule has 26 heavy (non-hydrogen) atoms. The van der Waals surface area contributed by atoms with Crippen LogP contribution in [-0.4, -0.2) is 8.32 Å². The van der Waals surface area contributed by atoms with Gasteiger partial charge in [-0.05, 0) is 22.0 Å². The summed E-state index contributed by atoms with van der Waals surface area (Å²) in [4.78, 5) is 0. The summed E-state index contributed by atoms with van der Waals surface area (Å²) in [5, 5.41) is 2.75. The maximum atomic E-state index is 6.87. The number of unbranched alkanes of at least 4 members (excludes halogenated alkanes) is 2. The van der Waals surface area contributed by atoms with Gasteiger partial charge in [0.25, 0.3) is 8.32 Å². The van der Waals surface area contributed by atoms with Crippen LogP contribution in [0.1, 0.15) is 31.7 Å². The van der Waals surface area contributed by atoms with Crippen molar-refractivity contribution >= 4 is 18.7 Å². The molecule has 0 radical (unpaired) electrons. The third kappa shape index (κ3) is 4.51. The molecule has 2 heteroatoms. The molecule has 3 aromatic carbocycles. The first kappa shape index (κ1) is 18.6. The van der Waals surface area contributed by atoms with Crippen molar-refractivity contribution in [1.82, 2.24) is 0 Å². The summed E-state index contributed by atoms with van der Waals surface area (Å²) in [6, 6.07) is 33.5. The molecule has 0 heterocycles. The van der Waals surface area contributed by atoms with E-state index in [-0.39, 0.29) is 0 Å². The van der Waals surface area contributed by atoms with Crippen LogP contribution in [0.2, 0.25) is 6.04 Å². The minimum absolute atomic E-state index is 0.670. The zero-order chi connectivity index (χ0) is 18.1. The summed E-state index contributed by atoms with van der Waals surface area (Å²) < 4.78 is 6.87. The van der Waals surface area contributed by atoms with Crippen LogP contribution in [-0.2, 0) is 11.0 Å². The van der Waals surface area contributed by atoms with E-state index in [0.717, 1.165) is 6.04 Å². The van der Waals surface area contributed by atoms with Gasteiger partial charge >= 0.3 is 0 Å². The number of hydrogen-bond donors (Lipinski definition) is 0. The number of rotatable bonds is 9. The molecule has 0 saturated heterocycles. The van der Waals surface area contributed by atoms with E-state index in [1.807, 2.05) is 0 Å². The van der Waals surface area contributed by atoms with Crippen molar-refractivity contribution in [3.63, 3.8) is 0 Å². The Morgan fingerprint density at radius 3 is 1.65 bits per heavy atom. The minimum atomic E-state index is -2.27. The lowest BCUT2D eigenvalue weighted by Crippen LogP contribution is -2.60. The fourth-order valence-corrected chi connectivity index (χ4v) is 7.52. The van der Waals surface area contributed by atoms with Crippen molar-refractivity contribution in [3.05, 3.63) is 96.6 Å². The van der Waals surface area contributed by atoms with Gasteiger partial charge in [0.1, 0.15) is 0 Å². The monoisotopic (exact) mass is 360 g/mol. The lowest BCUT2D eigenvalue weighted by Gasteiger charge is -2.33. The second-order valence-electron chi connectivity index (χ2n) is 6.79. The standard InChI is InChI=1S/C24H28OSi/c1-2-3-13-20-26(23-16-9-5-10-17-23,24-18-11-6-12-19-24)25-21-22-14-7-4-8-15-22/h4-12,14-19H,2-3,13,20-21H2,1H3. The van der Waals surface area contributed by atoms with E-state index < -0.39 is 8.32 Å². The summed E-state index contributed by atoms with van der Waals surface area (Å²) in [5.41, 5.74) is 1.24. The molecule has 0 atom stereocenters. The summed E-state index contributed by atoms with van der Waals surface area (Å²) in [6.45, 7) is 2.93. The van der Waals surface area contributed by atoms with Gasteiger partial charge in [-0.15, -0.1) is 0 Å². The molecule has 134 valence electrons. The third-order valence-corrected chi connectivity index (χ3v) is 9.17. The molecule has 0 bridgehead atoms. The van der Waals surface area contributed by atoms with Crippen LogP contribution in [0.3, 0.4) is 0 Å². The predicted octanol–water partition coefficient (Wildman–Crippen LogP) is 5.15. The molecule has 0 aliphatic heterocycles. The highest BCUT2D eigenvalue weighted by molar-refractivity contribution is 6.97. The molecule has 1 nitrogen and oxygen atoms in total. The van der Waals surface area contributed by atoms with E-state index in [1.54, 1.807) is 0 Å². The first-order chi connectivity index (χ1) is 12.8. The third-order valence-electron chi connectivity index (χ3n) is 4.94. The Morgan fingerprint density at radius 1 is 0.654 bits per heavy atom. The highest BCUT2D eigenvalue weighted by atomic mass is 28.4. The smallest absolute Gasteiger partial charge is 0.256 e. The zero-order valence-corrected chi connectivity index (χ0v) is 16.6. The molecule has 0 unspecified atom stereocenters. The van der Waals surface area contributed by atoms with E-state index in [4.69, 9.17) is 4.43 Å². The highest BCUT2D eigenvalue weighted by Crippen LogP contribution is 2.20. The molecule has 0 aliphatic carbocycles. The van der Waals surface area contributed by atoms with Gasteiger partial charge in [0, 0.05) is 0 Å². The first-order valence-electron chi connectivity index (χ1n) is 9.64. The fourth-order valence-electron chi connectivity index (χ4n) is 3.51. The molecular weight excluding hydrogens is 332 g/mol. The molecule has 0 saturated carbocycles. The summed E-state index contributed by atoms with van der Waals surface area (Å²) in [6.07, 6.45) is 3.69. The Bertz CT molecular complexity index is 716. The van der Waals surface area contributed by atoms with E-state index in [2.05, 4.69) is 97.9 Å². The second-order valence-corrected chi connectivity index (χ2v) is 10.4. The van der Waals surface area contributed by atoms with E-state index in [0.29, 0.717) is 6.61 Å². The molecule has 0 amide bonds. The van der Waals surface area contributed by atoms with Crippen molar-refractivity contribution in [2.24, 2.45) is 0 Å². The fraction of sp³-hybridized carbons (Fsp3) is 0.250. The Hall–Kier alpha value is -2.16. The van der Waals surface area contributed by atoms with Crippen LogP contribution in [0.4, 0.5) is 0 Å². The van der Waals surface area contributed by atoms with Gasteiger partial charge < -0.3 is 4.43 Å². The molecule has 0 N–H and O–H groups in total. The van der Waals surface area contributed by atoms with Gasteiger partial charge in [0.15, 0.2) is 0 Å². The van der Waals surface area contributed by atoms with Gasteiger partial charge in [-0.2, -0.15) is 0 Å². The lowest BCUT2D eigenvalue weighted by atomic mass is 10.2. The van der Waals surface area contributed by atoms with Gasteiger partial charge in [-0.25, -0.2) is 0 Å². The molecular formula is C24H28OSi. The number of hydrogen-bond acceptors (Lipinski definition) is 1. The first-order valence-corrected chi connectivity index (χ1v) is 11.8. The van der Waals surface area contributed by atoms with Crippen molar-refractivity contribution in [1.29, 1.82) is 0 Å². The SMILES string of the molecule is CCCCC[Si](OCc1ccccc1)(c1ccccc1)c1ccccc1. The van der Waals surface area contributed by atoms with Gasteiger partial charge in [0.05, 0.1) is 6.61 Å². The Balaban J connectivity index is 1.99. The molecule has 3 aromatic rings. The maximum absolute atomic E-state index is 6.87. The average molecular weight is 361 g/mol. The average Bonchev–Trinajstić information content (AvgIpc) is 2.73. The van der Waals surface area contributed by atoms with Crippen LogP contribution >= 0.6 is 0 Å². The van der Waals surface area contributed by atoms with E-state index in [9.17, 15) is 0 Å². The molecule has 0 aliphatic rings. The normalized spacial score (nSPS) is 11.4.